The number of rotatable bonds is 2. The van der Waals surface area contributed by atoms with E-state index in [0.717, 1.165) is 0 Å². The molecule has 0 atom stereocenters. The maximum absolute atomic E-state index is 11.1. The quantitative estimate of drug-likeness (QED) is 0.828. The van der Waals surface area contributed by atoms with E-state index in [2.05, 4.69) is 4.98 Å². The minimum atomic E-state index is -3.67. The molecule has 80 valence electrons. The topological polar surface area (TPSA) is 86.2 Å². The van der Waals surface area contributed by atoms with Gasteiger partial charge in [-0.3, -0.25) is 0 Å². The fraction of sp³-hybridized carbons (Fsp3) is 0.222. The Morgan fingerprint density at radius 2 is 2.20 bits per heavy atom. The maximum Gasteiger partial charge on any atom is 0.238 e. The van der Waals surface area contributed by atoms with Gasteiger partial charge in [-0.2, -0.15) is 0 Å². The van der Waals surface area contributed by atoms with Crippen LogP contribution in [0.5, 0.6) is 0 Å². The SMILES string of the molecule is CCc1nc2cc(S(N)(=O)=O)ccc2o1. The third-order valence-corrected chi connectivity index (χ3v) is 2.95. The van der Waals surface area contributed by atoms with Gasteiger partial charge in [-0.05, 0) is 18.2 Å². The monoisotopic (exact) mass is 226 g/mol. The Labute approximate surface area is 87.0 Å². The molecule has 0 fully saturated rings. The zero-order valence-corrected chi connectivity index (χ0v) is 8.91. The summed E-state index contributed by atoms with van der Waals surface area (Å²) in [5.74, 6) is 0.580. The van der Waals surface area contributed by atoms with Crippen LogP contribution < -0.4 is 5.14 Å². The zero-order chi connectivity index (χ0) is 11.1. The number of aromatic nitrogens is 1. The molecule has 0 aliphatic carbocycles. The fourth-order valence-electron chi connectivity index (χ4n) is 1.28. The number of oxazole rings is 1. The number of sulfonamides is 1. The molecule has 0 saturated carbocycles. The van der Waals surface area contributed by atoms with Crippen molar-refractivity contribution in [2.45, 2.75) is 18.2 Å². The van der Waals surface area contributed by atoms with Crippen LogP contribution in [0.15, 0.2) is 27.5 Å². The minimum absolute atomic E-state index is 0.0472. The van der Waals surface area contributed by atoms with Gasteiger partial charge in [0, 0.05) is 6.42 Å². The van der Waals surface area contributed by atoms with Crippen LogP contribution in [-0.2, 0) is 16.4 Å². The van der Waals surface area contributed by atoms with Crippen LogP contribution in [0, 0.1) is 0 Å². The first-order valence-corrected chi connectivity index (χ1v) is 5.97. The van der Waals surface area contributed by atoms with Crippen molar-refractivity contribution in [3.8, 4) is 0 Å². The molecule has 15 heavy (non-hydrogen) atoms. The minimum Gasteiger partial charge on any atom is -0.441 e. The number of hydrogen-bond donors (Lipinski definition) is 1. The van der Waals surface area contributed by atoms with E-state index >= 15 is 0 Å². The lowest BCUT2D eigenvalue weighted by atomic mass is 10.3. The van der Waals surface area contributed by atoms with Gasteiger partial charge in [0.1, 0.15) is 5.52 Å². The molecule has 0 bridgehead atoms. The van der Waals surface area contributed by atoms with Gasteiger partial charge >= 0.3 is 0 Å². The summed E-state index contributed by atoms with van der Waals surface area (Å²) in [6, 6.07) is 4.37. The van der Waals surface area contributed by atoms with Crippen molar-refractivity contribution in [2.24, 2.45) is 5.14 Å². The molecule has 0 unspecified atom stereocenters. The second-order valence-corrected chi connectivity index (χ2v) is 4.70. The highest BCUT2D eigenvalue weighted by Gasteiger charge is 2.11. The lowest BCUT2D eigenvalue weighted by Crippen LogP contribution is -2.11. The van der Waals surface area contributed by atoms with Gasteiger partial charge in [0.15, 0.2) is 11.5 Å². The molecule has 2 N–H and O–H groups in total. The number of nitrogens with two attached hydrogens (primary N) is 1. The Kier molecular flexibility index (Phi) is 2.24. The van der Waals surface area contributed by atoms with Gasteiger partial charge < -0.3 is 4.42 Å². The van der Waals surface area contributed by atoms with Crippen LogP contribution in [0.3, 0.4) is 0 Å². The van der Waals surface area contributed by atoms with E-state index in [0.29, 0.717) is 23.4 Å². The Bertz CT molecular complexity index is 601. The standard InChI is InChI=1S/C9H10N2O3S/c1-2-9-11-7-5-6(15(10,12)13)3-4-8(7)14-9/h3-5H,2H2,1H3,(H2,10,12,13). The molecule has 0 aliphatic rings. The molecule has 0 aliphatic heterocycles. The number of primary sulfonamides is 1. The molecule has 1 aromatic heterocycles. The summed E-state index contributed by atoms with van der Waals surface area (Å²) in [5.41, 5.74) is 1.08. The number of hydrogen-bond acceptors (Lipinski definition) is 4. The van der Waals surface area contributed by atoms with Crippen molar-refractivity contribution in [1.29, 1.82) is 0 Å². The first-order chi connectivity index (χ1) is 7.00. The van der Waals surface area contributed by atoms with Gasteiger partial charge in [-0.1, -0.05) is 6.92 Å². The molecular formula is C9H10N2O3S. The summed E-state index contributed by atoms with van der Waals surface area (Å²) >= 11 is 0. The molecule has 2 rings (SSSR count). The molecule has 1 heterocycles. The van der Waals surface area contributed by atoms with Crippen molar-refractivity contribution in [1.82, 2.24) is 4.98 Å². The molecule has 6 heteroatoms. The van der Waals surface area contributed by atoms with Crippen LogP contribution in [-0.4, -0.2) is 13.4 Å². The molecular weight excluding hydrogens is 216 g/mol. The summed E-state index contributed by atoms with van der Waals surface area (Å²) in [6.07, 6.45) is 0.666. The summed E-state index contributed by atoms with van der Waals surface area (Å²) in [5, 5.41) is 5.00. The second kappa shape index (κ2) is 3.32. The van der Waals surface area contributed by atoms with Crippen LogP contribution >= 0.6 is 0 Å². The van der Waals surface area contributed by atoms with Gasteiger partial charge in [-0.25, -0.2) is 18.5 Å². The van der Waals surface area contributed by atoms with E-state index in [1.54, 1.807) is 6.07 Å². The highest BCUT2D eigenvalue weighted by molar-refractivity contribution is 7.89. The highest BCUT2D eigenvalue weighted by atomic mass is 32.2. The molecule has 1 aromatic carbocycles. The van der Waals surface area contributed by atoms with E-state index in [9.17, 15) is 8.42 Å². The van der Waals surface area contributed by atoms with E-state index in [-0.39, 0.29) is 4.90 Å². The summed E-state index contributed by atoms with van der Waals surface area (Å²) in [6.45, 7) is 1.91. The molecule has 0 radical (unpaired) electrons. The Balaban J connectivity index is 2.66. The van der Waals surface area contributed by atoms with Crippen LogP contribution in [0.1, 0.15) is 12.8 Å². The van der Waals surface area contributed by atoms with Gasteiger partial charge in [0.05, 0.1) is 4.90 Å². The number of fused-ring (bicyclic) bond motifs is 1. The van der Waals surface area contributed by atoms with Crippen LogP contribution in [0.4, 0.5) is 0 Å². The third kappa shape index (κ3) is 1.86. The number of benzene rings is 1. The predicted molar refractivity (Wildman–Crippen MR) is 54.8 cm³/mol. The second-order valence-electron chi connectivity index (χ2n) is 3.14. The molecule has 0 amide bonds. The normalized spacial score (nSPS) is 12.1. The predicted octanol–water partition coefficient (Wildman–Crippen LogP) is 1.04. The van der Waals surface area contributed by atoms with E-state index in [1.807, 2.05) is 6.92 Å². The first-order valence-electron chi connectivity index (χ1n) is 4.43. The lowest BCUT2D eigenvalue weighted by Gasteiger charge is -1.95. The third-order valence-electron chi connectivity index (χ3n) is 2.03. The summed E-state index contributed by atoms with van der Waals surface area (Å²) in [7, 11) is -3.67. The average Bonchev–Trinajstić information content (AvgIpc) is 2.57. The van der Waals surface area contributed by atoms with Crippen molar-refractivity contribution in [2.75, 3.05) is 0 Å². The van der Waals surface area contributed by atoms with Crippen LogP contribution in [0.2, 0.25) is 0 Å². The Morgan fingerprint density at radius 1 is 1.47 bits per heavy atom. The van der Waals surface area contributed by atoms with Crippen molar-refractivity contribution in [3.63, 3.8) is 0 Å². The zero-order valence-electron chi connectivity index (χ0n) is 8.10. The smallest absolute Gasteiger partial charge is 0.238 e. The maximum atomic E-state index is 11.1. The lowest BCUT2D eigenvalue weighted by molar-refractivity contribution is 0.538. The molecule has 2 aromatic rings. The summed E-state index contributed by atoms with van der Waals surface area (Å²) in [4.78, 5) is 4.17. The number of nitrogens with zero attached hydrogens (tertiary/aromatic N) is 1. The van der Waals surface area contributed by atoms with Crippen LogP contribution in [0.25, 0.3) is 11.1 Å². The molecule has 5 nitrogen and oxygen atoms in total. The number of aryl methyl sites for hydroxylation is 1. The van der Waals surface area contributed by atoms with Crippen molar-refractivity contribution in [3.05, 3.63) is 24.1 Å². The summed E-state index contributed by atoms with van der Waals surface area (Å²) < 4.78 is 27.5. The Hall–Kier alpha value is -1.40. The average molecular weight is 226 g/mol. The van der Waals surface area contributed by atoms with Gasteiger partial charge in [0.2, 0.25) is 10.0 Å². The van der Waals surface area contributed by atoms with E-state index in [1.165, 1.54) is 12.1 Å². The van der Waals surface area contributed by atoms with Crippen molar-refractivity contribution < 1.29 is 12.8 Å². The molecule has 0 spiro atoms. The Morgan fingerprint density at radius 3 is 2.80 bits per heavy atom. The first kappa shape index (κ1) is 10.1. The van der Waals surface area contributed by atoms with Crippen molar-refractivity contribution >= 4 is 21.1 Å². The largest absolute Gasteiger partial charge is 0.441 e. The van der Waals surface area contributed by atoms with Gasteiger partial charge in [-0.15, -0.1) is 0 Å². The van der Waals surface area contributed by atoms with E-state index < -0.39 is 10.0 Å². The van der Waals surface area contributed by atoms with E-state index in [4.69, 9.17) is 9.56 Å². The fourth-order valence-corrected chi connectivity index (χ4v) is 1.82. The molecule has 0 saturated heterocycles. The van der Waals surface area contributed by atoms with Gasteiger partial charge in [0.25, 0.3) is 0 Å². The highest BCUT2D eigenvalue weighted by Crippen LogP contribution is 2.19.